The molecule has 7 heteroatoms. The fourth-order valence-corrected chi connectivity index (χ4v) is 2.38. The van der Waals surface area contributed by atoms with E-state index < -0.39 is 11.7 Å². The van der Waals surface area contributed by atoms with E-state index in [0.717, 1.165) is 18.9 Å². The summed E-state index contributed by atoms with van der Waals surface area (Å²) in [7, 11) is 0. The standard InChI is InChI=1S/C14H9F3N2O2/c15-14(16,17)8-6-9(10-2-1-5-20-10)18-13-11(8)12(19-21-13)7-3-4-7/h1-2,5-7H,3-4H2. The van der Waals surface area contributed by atoms with Crippen molar-refractivity contribution in [2.24, 2.45) is 0 Å². The van der Waals surface area contributed by atoms with Crippen molar-refractivity contribution >= 4 is 11.1 Å². The molecule has 0 atom stereocenters. The summed E-state index contributed by atoms with van der Waals surface area (Å²) in [6.45, 7) is 0. The molecular formula is C14H9F3N2O2. The maximum atomic E-state index is 13.4. The van der Waals surface area contributed by atoms with Gasteiger partial charge in [-0.3, -0.25) is 0 Å². The van der Waals surface area contributed by atoms with Crippen molar-refractivity contribution in [3.05, 3.63) is 35.7 Å². The second-order valence-electron chi connectivity index (χ2n) is 5.05. The Labute approximate surface area is 116 Å². The van der Waals surface area contributed by atoms with Crippen LogP contribution in [0, 0.1) is 0 Å². The van der Waals surface area contributed by atoms with Crippen LogP contribution in [0.5, 0.6) is 0 Å². The van der Waals surface area contributed by atoms with Gasteiger partial charge in [-0.1, -0.05) is 5.16 Å². The quantitative estimate of drug-likeness (QED) is 0.704. The molecule has 108 valence electrons. The van der Waals surface area contributed by atoms with E-state index in [0.29, 0.717) is 5.69 Å². The zero-order chi connectivity index (χ0) is 14.6. The minimum atomic E-state index is -4.50. The third kappa shape index (κ3) is 2.00. The van der Waals surface area contributed by atoms with Crippen LogP contribution in [0.1, 0.15) is 30.0 Å². The number of aromatic nitrogens is 2. The second-order valence-corrected chi connectivity index (χ2v) is 5.05. The van der Waals surface area contributed by atoms with Crippen LogP contribution < -0.4 is 0 Å². The van der Waals surface area contributed by atoms with Gasteiger partial charge in [0.05, 0.1) is 22.9 Å². The molecule has 0 N–H and O–H groups in total. The lowest BCUT2D eigenvalue weighted by Gasteiger charge is -2.09. The van der Waals surface area contributed by atoms with E-state index in [1.165, 1.54) is 6.26 Å². The van der Waals surface area contributed by atoms with E-state index in [9.17, 15) is 13.2 Å². The molecule has 0 amide bonds. The van der Waals surface area contributed by atoms with Gasteiger partial charge < -0.3 is 8.94 Å². The van der Waals surface area contributed by atoms with Crippen molar-refractivity contribution in [3.8, 4) is 11.5 Å². The Morgan fingerprint density at radius 3 is 2.67 bits per heavy atom. The second kappa shape index (κ2) is 4.09. The molecule has 3 aromatic rings. The molecule has 0 aliphatic heterocycles. The van der Waals surface area contributed by atoms with Gasteiger partial charge in [0.15, 0.2) is 5.76 Å². The highest BCUT2D eigenvalue weighted by Crippen LogP contribution is 2.46. The molecule has 0 aromatic carbocycles. The average Bonchev–Trinajstić information content (AvgIpc) is 2.99. The first-order valence-electron chi connectivity index (χ1n) is 6.45. The molecule has 1 saturated carbocycles. The lowest BCUT2D eigenvalue weighted by Crippen LogP contribution is -2.07. The Hall–Kier alpha value is -2.31. The Morgan fingerprint density at radius 1 is 1.24 bits per heavy atom. The number of alkyl halides is 3. The lowest BCUT2D eigenvalue weighted by molar-refractivity contribution is -0.136. The van der Waals surface area contributed by atoms with E-state index in [4.69, 9.17) is 8.94 Å². The number of rotatable bonds is 2. The van der Waals surface area contributed by atoms with E-state index in [-0.39, 0.29) is 28.5 Å². The third-order valence-electron chi connectivity index (χ3n) is 3.52. The third-order valence-corrected chi connectivity index (χ3v) is 3.52. The van der Waals surface area contributed by atoms with Gasteiger partial charge >= 0.3 is 6.18 Å². The minimum absolute atomic E-state index is 0.0275. The monoisotopic (exact) mass is 294 g/mol. The highest BCUT2D eigenvalue weighted by molar-refractivity contribution is 5.84. The maximum Gasteiger partial charge on any atom is 0.417 e. The van der Waals surface area contributed by atoms with Crippen LogP contribution in [0.15, 0.2) is 33.4 Å². The molecule has 0 saturated heterocycles. The van der Waals surface area contributed by atoms with Crippen molar-refractivity contribution in [2.75, 3.05) is 0 Å². The highest BCUT2D eigenvalue weighted by Gasteiger charge is 2.39. The van der Waals surface area contributed by atoms with E-state index in [1.807, 2.05) is 0 Å². The van der Waals surface area contributed by atoms with Crippen molar-refractivity contribution in [3.63, 3.8) is 0 Å². The summed E-state index contributed by atoms with van der Waals surface area (Å²) < 4.78 is 50.2. The molecule has 4 nitrogen and oxygen atoms in total. The number of hydrogen-bond acceptors (Lipinski definition) is 4. The van der Waals surface area contributed by atoms with Gasteiger partial charge in [0.1, 0.15) is 5.69 Å². The van der Waals surface area contributed by atoms with Crippen molar-refractivity contribution in [1.29, 1.82) is 0 Å². The molecule has 0 bridgehead atoms. The number of halogens is 3. The predicted octanol–water partition coefficient (Wildman–Crippen LogP) is 4.38. The number of fused-ring (bicyclic) bond motifs is 1. The van der Waals surface area contributed by atoms with Crippen LogP contribution >= 0.6 is 0 Å². The predicted molar refractivity (Wildman–Crippen MR) is 66.5 cm³/mol. The molecule has 3 aromatic heterocycles. The molecule has 3 heterocycles. The highest BCUT2D eigenvalue weighted by atomic mass is 19.4. The Kier molecular flexibility index (Phi) is 2.42. The van der Waals surface area contributed by atoms with Crippen LogP contribution in [0.3, 0.4) is 0 Å². The van der Waals surface area contributed by atoms with Gasteiger partial charge in [0, 0.05) is 5.92 Å². The lowest BCUT2D eigenvalue weighted by atomic mass is 10.1. The topological polar surface area (TPSA) is 52.1 Å². The molecule has 0 spiro atoms. The molecule has 1 aliphatic carbocycles. The van der Waals surface area contributed by atoms with E-state index in [2.05, 4.69) is 10.1 Å². The number of pyridine rings is 1. The first-order valence-corrected chi connectivity index (χ1v) is 6.45. The molecule has 4 rings (SSSR count). The number of hydrogen-bond donors (Lipinski definition) is 0. The van der Waals surface area contributed by atoms with Crippen molar-refractivity contribution in [2.45, 2.75) is 24.9 Å². The van der Waals surface area contributed by atoms with Crippen molar-refractivity contribution in [1.82, 2.24) is 10.1 Å². The number of nitrogens with zero attached hydrogens (tertiary/aromatic N) is 2. The van der Waals surface area contributed by atoms with Gasteiger partial charge in [0.2, 0.25) is 0 Å². The molecule has 1 aliphatic rings. The Balaban J connectivity index is 2.01. The SMILES string of the molecule is FC(F)(F)c1cc(-c2ccco2)nc2onc(C3CC3)c12. The normalized spacial score (nSPS) is 15.8. The molecular weight excluding hydrogens is 285 g/mol. The molecule has 1 fully saturated rings. The summed E-state index contributed by atoms with van der Waals surface area (Å²) in [4.78, 5) is 4.10. The fraction of sp³-hybridized carbons (Fsp3) is 0.286. The largest absolute Gasteiger partial charge is 0.463 e. The minimum Gasteiger partial charge on any atom is -0.463 e. The first kappa shape index (κ1) is 12.4. The van der Waals surface area contributed by atoms with Crippen LogP contribution in [0.4, 0.5) is 13.2 Å². The maximum absolute atomic E-state index is 13.4. The van der Waals surface area contributed by atoms with E-state index >= 15 is 0 Å². The van der Waals surface area contributed by atoms with Gasteiger partial charge in [-0.2, -0.15) is 13.2 Å². The zero-order valence-electron chi connectivity index (χ0n) is 10.6. The Bertz CT molecular complexity index is 802. The van der Waals surface area contributed by atoms with Crippen LogP contribution in [0.25, 0.3) is 22.6 Å². The number of furan rings is 1. The van der Waals surface area contributed by atoms with Gasteiger partial charge in [-0.25, -0.2) is 4.98 Å². The van der Waals surface area contributed by atoms with Crippen LogP contribution in [-0.2, 0) is 6.18 Å². The van der Waals surface area contributed by atoms with Gasteiger partial charge in [-0.05, 0) is 31.0 Å². The summed E-state index contributed by atoms with van der Waals surface area (Å²) in [5.41, 5.74) is -0.436. The van der Waals surface area contributed by atoms with Crippen LogP contribution in [0.2, 0.25) is 0 Å². The summed E-state index contributed by atoms with van der Waals surface area (Å²) in [5.74, 6) is 0.301. The molecule has 0 radical (unpaired) electrons. The summed E-state index contributed by atoms with van der Waals surface area (Å²) in [6.07, 6.45) is -1.46. The summed E-state index contributed by atoms with van der Waals surface area (Å²) in [6, 6.07) is 4.13. The Morgan fingerprint density at radius 2 is 2.05 bits per heavy atom. The smallest absolute Gasteiger partial charge is 0.417 e. The zero-order valence-corrected chi connectivity index (χ0v) is 10.6. The molecule has 0 unspecified atom stereocenters. The fourth-order valence-electron chi connectivity index (χ4n) is 2.38. The first-order chi connectivity index (χ1) is 10.0. The van der Waals surface area contributed by atoms with E-state index in [1.54, 1.807) is 12.1 Å². The van der Waals surface area contributed by atoms with Crippen molar-refractivity contribution < 1.29 is 22.1 Å². The van der Waals surface area contributed by atoms with Gasteiger partial charge in [-0.15, -0.1) is 0 Å². The average molecular weight is 294 g/mol. The summed E-state index contributed by atoms with van der Waals surface area (Å²) in [5, 5.41) is 3.76. The molecule has 21 heavy (non-hydrogen) atoms. The van der Waals surface area contributed by atoms with Crippen LogP contribution in [-0.4, -0.2) is 10.1 Å². The van der Waals surface area contributed by atoms with Gasteiger partial charge in [0.25, 0.3) is 5.71 Å². The summed E-state index contributed by atoms with van der Waals surface area (Å²) >= 11 is 0.